The van der Waals surface area contributed by atoms with Gasteiger partial charge in [-0.15, -0.1) is 0 Å². The number of benzene rings is 2. The third kappa shape index (κ3) is 5.67. The molecule has 0 radical (unpaired) electrons. The quantitative estimate of drug-likeness (QED) is 0.583. The van der Waals surface area contributed by atoms with Crippen LogP contribution >= 0.6 is 0 Å². The summed E-state index contributed by atoms with van der Waals surface area (Å²) < 4.78 is 0. The Bertz CT molecular complexity index is 885. The molecular weight excluding hydrogens is 382 g/mol. The highest BCUT2D eigenvalue weighted by atomic mass is 16.3. The van der Waals surface area contributed by atoms with Crippen LogP contribution in [0.3, 0.4) is 0 Å². The summed E-state index contributed by atoms with van der Waals surface area (Å²) in [7, 11) is 0. The highest BCUT2D eigenvalue weighted by Gasteiger charge is 2.22. The van der Waals surface area contributed by atoms with Crippen LogP contribution in [0, 0.1) is 0 Å². The number of hydrogen-bond acceptors (Lipinski definition) is 4. The van der Waals surface area contributed by atoms with Crippen LogP contribution in [0.25, 0.3) is 0 Å². The van der Waals surface area contributed by atoms with Crippen LogP contribution in [-0.2, 0) is 14.4 Å². The second kappa shape index (κ2) is 10.5. The Morgan fingerprint density at radius 2 is 1.83 bits per heavy atom. The molecule has 30 heavy (non-hydrogen) atoms. The molecule has 1 saturated heterocycles. The van der Waals surface area contributed by atoms with Gasteiger partial charge >= 0.3 is 11.8 Å². The van der Waals surface area contributed by atoms with Crippen LogP contribution in [0.5, 0.6) is 0 Å². The molecule has 2 aromatic carbocycles. The Morgan fingerprint density at radius 1 is 1.03 bits per heavy atom. The van der Waals surface area contributed by atoms with Crippen LogP contribution in [-0.4, -0.2) is 42.5 Å². The van der Waals surface area contributed by atoms with E-state index in [2.05, 4.69) is 10.6 Å². The van der Waals surface area contributed by atoms with E-state index in [4.69, 9.17) is 0 Å². The van der Waals surface area contributed by atoms with Crippen molar-refractivity contribution in [2.75, 3.05) is 29.9 Å². The van der Waals surface area contributed by atoms with Gasteiger partial charge in [-0.2, -0.15) is 0 Å². The van der Waals surface area contributed by atoms with Gasteiger partial charge in [-0.3, -0.25) is 14.4 Å². The minimum absolute atomic E-state index is 0.0594. The molecule has 7 heteroatoms. The Balaban J connectivity index is 1.51. The summed E-state index contributed by atoms with van der Waals surface area (Å²) in [6.07, 6.45) is 2.56. The summed E-state index contributed by atoms with van der Waals surface area (Å²) in [5.41, 5.74) is 2.28. The Kier molecular flexibility index (Phi) is 7.57. The molecule has 1 aliphatic heterocycles. The van der Waals surface area contributed by atoms with Crippen molar-refractivity contribution in [2.45, 2.75) is 31.6 Å². The van der Waals surface area contributed by atoms with Gasteiger partial charge in [0.1, 0.15) is 0 Å². The topological polar surface area (TPSA) is 98.7 Å². The van der Waals surface area contributed by atoms with E-state index in [0.717, 1.165) is 12.0 Å². The smallest absolute Gasteiger partial charge is 0.313 e. The molecule has 2 aromatic rings. The number of nitrogens with one attached hydrogen (secondary N) is 2. The molecule has 1 fully saturated rings. The first-order valence-electron chi connectivity index (χ1n) is 10.2. The van der Waals surface area contributed by atoms with Crippen molar-refractivity contribution in [1.29, 1.82) is 0 Å². The third-order valence-corrected chi connectivity index (χ3v) is 5.22. The zero-order valence-corrected chi connectivity index (χ0v) is 16.8. The van der Waals surface area contributed by atoms with Crippen LogP contribution in [0.15, 0.2) is 54.6 Å². The van der Waals surface area contributed by atoms with Gasteiger partial charge in [0.15, 0.2) is 0 Å². The molecule has 1 aliphatic rings. The summed E-state index contributed by atoms with van der Waals surface area (Å²) in [4.78, 5) is 38.0. The predicted molar refractivity (Wildman–Crippen MR) is 115 cm³/mol. The summed E-state index contributed by atoms with van der Waals surface area (Å²) in [5, 5.41) is 14.5. The van der Waals surface area contributed by atoms with E-state index in [1.165, 1.54) is 0 Å². The minimum atomic E-state index is -0.752. The van der Waals surface area contributed by atoms with Crippen LogP contribution in [0.4, 0.5) is 11.4 Å². The average Bonchev–Trinajstić information content (AvgIpc) is 3.19. The molecule has 7 nitrogen and oxygen atoms in total. The number of carbonyl (C=O) groups is 3. The highest BCUT2D eigenvalue weighted by molar-refractivity contribution is 6.39. The lowest BCUT2D eigenvalue weighted by atomic mass is 9.93. The van der Waals surface area contributed by atoms with Crippen molar-refractivity contribution in [1.82, 2.24) is 5.32 Å². The molecule has 0 unspecified atom stereocenters. The average molecular weight is 409 g/mol. The largest absolute Gasteiger partial charge is 0.396 e. The fraction of sp³-hybridized carbons (Fsp3) is 0.348. The lowest BCUT2D eigenvalue weighted by molar-refractivity contribution is -0.136. The van der Waals surface area contributed by atoms with Gasteiger partial charge in [-0.05, 0) is 48.9 Å². The zero-order valence-electron chi connectivity index (χ0n) is 16.8. The normalized spacial score (nSPS) is 14.4. The van der Waals surface area contributed by atoms with E-state index in [-0.39, 0.29) is 18.4 Å². The van der Waals surface area contributed by atoms with Crippen LogP contribution in [0.1, 0.15) is 37.2 Å². The molecule has 1 atom stereocenters. The number of rotatable bonds is 8. The van der Waals surface area contributed by atoms with Gasteiger partial charge in [-0.25, -0.2) is 0 Å². The van der Waals surface area contributed by atoms with Gasteiger partial charge in [0.2, 0.25) is 5.91 Å². The summed E-state index contributed by atoms with van der Waals surface area (Å²) >= 11 is 0. The van der Waals surface area contributed by atoms with Gasteiger partial charge in [0, 0.05) is 37.5 Å². The summed E-state index contributed by atoms with van der Waals surface area (Å²) in [6.45, 7) is 1.05. The predicted octanol–water partition coefficient (Wildman–Crippen LogP) is 2.42. The van der Waals surface area contributed by atoms with Crippen molar-refractivity contribution in [2.24, 2.45) is 0 Å². The number of aliphatic hydroxyl groups excluding tert-OH is 1. The first-order valence-corrected chi connectivity index (χ1v) is 10.2. The maximum atomic E-state index is 12.2. The zero-order chi connectivity index (χ0) is 21.3. The Morgan fingerprint density at radius 3 is 2.53 bits per heavy atom. The molecule has 158 valence electrons. The summed E-state index contributed by atoms with van der Waals surface area (Å²) in [6, 6.07) is 16.7. The number of aliphatic hydroxyl groups is 1. The highest BCUT2D eigenvalue weighted by Crippen LogP contribution is 2.24. The Hall–Kier alpha value is -3.19. The van der Waals surface area contributed by atoms with E-state index in [1.807, 2.05) is 36.4 Å². The van der Waals surface area contributed by atoms with E-state index < -0.39 is 11.8 Å². The Labute approximate surface area is 176 Å². The van der Waals surface area contributed by atoms with Crippen molar-refractivity contribution in [3.8, 4) is 0 Å². The van der Waals surface area contributed by atoms with Crippen molar-refractivity contribution >= 4 is 29.1 Å². The third-order valence-electron chi connectivity index (χ3n) is 5.22. The van der Waals surface area contributed by atoms with E-state index >= 15 is 0 Å². The van der Waals surface area contributed by atoms with Gasteiger partial charge in [0.05, 0.1) is 0 Å². The second-order valence-electron chi connectivity index (χ2n) is 7.32. The van der Waals surface area contributed by atoms with E-state index in [9.17, 15) is 19.5 Å². The lowest BCUT2D eigenvalue weighted by Crippen LogP contribution is -2.36. The lowest BCUT2D eigenvalue weighted by Gasteiger charge is -2.17. The first kappa shape index (κ1) is 21.5. The molecule has 0 bridgehead atoms. The number of amides is 3. The monoisotopic (exact) mass is 409 g/mol. The van der Waals surface area contributed by atoms with E-state index in [0.29, 0.717) is 43.7 Å². The molecule has 0 spiro atoms. The second-order valence-corrected chi connectivity index (χ2v) is 7.32. The maximum absolute atomic E-state index is 12.2. The molecule has 0 aliphatic carbocycles. The molecule has 0 aromatic heterocycles. The number of anilines is 2. The van der Waals surface area contributed by atoms with Gasteiger partial charge in [0.25, 0.3) is 0 Å². The summed E-state index contributed by atoms with van der Waals surface area (Å²) in [5.74, 6) is -1.30. The molecule has 0 saturated carbocycles. The number of hydrogen-bond donors (Lipinski definition) is 3. The molecule has 1 heterocycles. The first-order chi connectivity index (χ1) is 14.6. The van der Waals surface area contributed by atoms with Gasteiger partial charge < -0.3 is 20.6 Å². The molecule has 3 N–H and O–H groups in total. The fourth-order valence-electron chi connectivity index (χ4n) is 3.66. The maximum Gasteiger partial charge on any atom is 0.313 e. The number of nitrogens with zero attached hydrogens (tertiary/aromatic N) is 1. The standard InChI is InChI=1S/C23H27N3O4/c27-15-12-18(17-6-2-1-3-7-17)11-13-24-22(29)23(30)25-19-8-4-9-20(16-19)26-14-5-10-21(26)28/h1-4,6-9,16,18,27H,5,10-15H2,(H,24,29)(H,25,30)/t18-/m0/s1. The molecule has 3 rings (SSSR count). The number of carbonyl (C=O) groups excluding carboxylic acids is 3. The van der Waals surface area contributed by atoms with Crippen molar-refractivity contribution in [3.05, 3.63) is 60.2 Å². The van der Waals surface area contributed by atoms with Gasteiger partial charge in [-0.1, -0.05) is 36.4 Å². The van der Waals surface area contributed by atoms with E-state index in [1.54, 1.807) is 23.1 Å². The fourth-order valence-corrected chi connectivity index (χ4v) is 3.66. The minimum Gasteiger partial charge on any atom is -0.396 e. The van der Waals surface area contributed by atoms with Crippen LogP contribution < -0.4 is 15.5 Å². The molecule has 3 amide bonds. The van der Waals surface area contributed by atoms with Crippen molar-refractivity contribution in [3.63, 3.8) is 0 Å². The van der Waals surface area contributed by atoms with Crippen molar-refractivity contribution < 1.29 is 19.5 Å². The van der Waals surface area contributed by atoms with Crippen LogP contribution in [0.2, 0.25) is 0 Å². The SMILES string of the molecule is O=C(NCC[C@@H](CCO)c1ccccc1)C(=O)Nc1cccc(N2CCCC2=O)c1. The molecular formula is C23H27N3O4.